The lowest BCUT2D eigenvalue weighted by Crippen LogP contribution is -2.36. The van der Waals surface area contributed by atoms with E-state index in [4.69, 9.17) is 0 Å². The number of amides is 2. The van der Waals surface area contributed by atoms with E-state index in [1.807, 2.05) is 39.0 Å². The van der Waals surface area contributed by atoms with E-state index in [9.17, 15) is 14.4 Å². The van der Waals surface area contributed by atoms with Gasteiger partial charge in [0.15, 0.2) is 0 Å². The smallest absolute Gasteiger partial charge is 0.261 e. The van der Waals surface area contributed by atoms with Crippen molar-refractivity contribution in [3.8, 4) is 0 Å². The zero-order valence-electron chi connectivity index (χ0n) is 18.0. The molecule has 1 saturated heterocycles. The summed E-state index contributed by atoms with van der Waals surface area (Å²) in [4.78, 5) is 44.4. The Kier molecular flexibility index (Phi) is 5.59. The molecule has 160 valence electrons. The highest BCUT2D eigenvalue weighted by atomic mass is 16.2. The molecule has 7 nitrogen and oxygen atoms in total. The number of benzene rings is 2. The molecule has 1 aromatic heterocycles. The Morgan fingerprint density at radius 3 is 2.58 bits per heavy atom. The van der Waals surface area contributed by atoms with Gasteiger partial charge in [-0.05, 0) is 55.2 Å². The molecule has 2 amide bonds. The summed E-state index contributed by atoms with van der Waals surface area (Å²) in [5.41, 5.74) is 2.78. The minimum absolute atomic E-state index is 0.122. The van der Waals surface area contributed by atoms with Crippen LogP contribution in [-0.4, -0.2) is 27.9 Å². The molecule has 1 fully saturated rings. The molecule has 0 aliphatic carbocycles. The third kappa shape index (κ3) is 3.95. The molecule has 0 radical (unpaired) electrons. The third-order valence-electron chi connectivity index (χ3n) is 5.72. The number of para-hydroxylation sites is 1. The Morgan fingerprint density at radius 1 is 1.13 bits per heavy atom. The van der Waals surface area contributed by atoms with Crippen molar-refractivity contribution in [1.82, 2.24) is 9.55 Å². The first-order chi connectivity index (χ1) is 14.9. The minimum Gasteiger partial charge on any atom is -0.324 e. The molecule has 1 aliphatic rings. The first-order valence-electron chi connectivity index (χ1n) is 10.5. The predicted octanol–water partition coefficient (Wildman–Crippen LogP) is 3.67. The fourth-order valence-corrected chi connectivity index (χ4v) is 4.19. The van der Waals surface area contributed by atoms with Gasteiger partial charge < -0.3 is 10.2 Å². The molecule has 3 aromatic rings. The van der Waals surface area contributed by atoms with Gasteiger partial charge in [-0.15, -0.1) is 0 Å². The van der Waals surface area contributed by atoms with Crippen LogP contribution in [0.1, 0.15) is 38.3 Å². The molecule has 0 spiro atoms. The number of anilines is 2. The van der Waals surface area contributed by atoms with Crippen molar-refractivity contribution in [1.29, 1.82) is 0 Å². The quantitative estimate of drug-likeness (QED) is 0.685. The number of carbonyl (C=O) groups is 2. The lowest BCUT2D eigenvalue weighted by Gasteiger charge is -2.23. The maximum absolute atomic E-state index is 13.2. The third-order valence-corrected chi connectivity index (χ3v) is 5.72. The van der Waals surface area contributed by atoms with E-state index in [1.165, 1.54) is 10.9 Å². The van der Waals surface area contributed by atoms with E-state index in [0.717, 1.165) is 24.2 Å². The maximum atomic E-state index is 13.2. The van der Waals surface area contributed by atoms with Crippen molar-refractivity contribution in [2.75, 3.05) is 16.8 Å². The van der Waals surface area contributed by atoms with Crippen LogP contribution in [0.3, 0.4) is 0 Å². The molecule has 0 bridgehead atoms. The molecular formula is C24H26N4O3. The zero-order valence-corrected chi connectivity index (χ0v) is 18.0. The Hall–Kier alpha value is -3.48. The molecule has 4 rings (SSSR count). The van der Waals surface area contributed by atoms with E-state index in [0.29, 0.717) is 23.0 Å². The fraction of sp³-hybridized carbons (Fsp3) is 0.333. The van der Waals surface area contributed by atoms with Crippen LogP contribution in [0.15, 0.2) is 53.6 Å². The van der Waals surface area contributed by atoms with Crippen molar-refractivity contribution < 1.29 is 9.59 Å². The van der Waals surface area contributed by atoms with Gasteiger partial charge in [-0.25, -0.2) is 4.98 Å². The molecule has 1 N–H and O–H groups in total. The Labute approximate surface area is 180 Å². The zero-order chi connectivity index (χ0) is 22.1. The summed E-state index contributed by atoms with van der Waals surface area (Å²) in [5, 5.41) is 3.42. The van der Waals surface area contributed by atoms with Crippen LogP contribution in [0.2, 0.25) is 0 Å². The predicted molar refractivity (Wildman–Crippen MR) is 121 cm³/mol. The average Bonchev–Trinajstić information content (AvgIpc) is 3.15. The van der Waals surface area contributed by atoms with E-state index < -0.39 is 6.04 Å². The van der Waals surface area contributed by atoms with Gasteiger partial charge >= 0.3 is 0 Å². The van der Waals surface area contributed by atoms with Gasteiger partial charge in [0.25, 0.3) is 5.56 Å². The van der Waals surface area contributed by atoms with Crippen LogP contribution >= 0.6 is 0 Å². The Morgan fingerprint density at radius 2 is 1.90 bits per heavy atom. The second kappa shape index (κ2) is 8.34. The summed E-state index contributed by atoms with van der Waals surface area (Å²) < 4.78 is 1.41. The van der Waals surface area contributed by atoms with Gasteiger partial charge in [-0.2, -0.15) is 0 Å². The molecular weight excluding hydrogens is 392 g/mol. The van der Waals surface area contributed by atoms with Gasteiger partial charge in [0, 0.05) is 24.3 Å². The van der Waals surface area contributed by atoms with Crippen LogP contribution in [0.25, 0.3) is 10.9 Å². The number of aryl methyl sites for hydroxylation is 1. The molecule has 2 aromatic carbocycles. The molecule has 7 heteroatoms. The number of nitrogens with zero attached hydrogens (tertiary/aromatic N) is 3. The van der Waals surface area contributed by atoms with Gasteiger partial charge in [0.2, 0.25) is 11.8 Å². The molecule has 1 atom stereocenters. The number of nitrogens with one attached hydrogen (secondary N) is 1. The number of aromatic nitrogens is 2. The SMILES string of the molecule is Cc1cc(NC(=O)C(C(C)C)n2cnc3ccccc3c2=O)ccc1N1CCCC1=O. The van der Waals surface area contributed by atoms with Crippen LogP contribution in [-0.2, 0) is 9.59 Å². The normalized spacial score (nSPS) is 15.0. The van der Waals surface area contributed by atoms with Crippen molar-refractivity contribution in [3.63, 3.8) is 0 Å². The maximum Gasteiger partial charge on any atom is 0.261 e. The topological polar surface area (TPSA) is 84.3 Å². The Balaban J connectivity index is 1.62. The first kappa shape index (κ1) is 20.8. The van der Waals surface area contributed by atoms with Crippen molar-refractivity contribution in [2.45, 2.75) is 39.7 Å². The summed E-state index contributed by atoms with van der Waals surface area (Å²) in [7, 11) is 0. The average molecular weight is 418 g/mol. The van der Waals surface area contributed by atoms with Crippen molar-refractivity contribution in [2.24, 2.45) is 5.92 Å². The lowest BCUT2D eigenvalue weighted by molar-refractivity contribution is -0.120. The van der Waals surface area contributed by atoms with Gasteiger partial charge in [0.05, 0.1) is 17.2 Å². The summed E-state index contributed by atoms with van der Waals surface area (Å²) in [6.45, 7) is 6.45. The summed E-state index contributed by atoms with van der Waals surface area (Å²) in [6, 6.07) is 11.9. The van der Waals surface area contributed by atoms with Crippen LogP contribution < -0.4 is 15.8 Å². The number of hydrogen-bond acceptors (Lipinski definition) is 4. The molecule has 31 heavy (non-hydrogen) atoms. The second-order valence-electron chi connectivity index (χ2n) is 8.30. The van der Waals surface area contributed by atoms with E-state index in [1.54, 1.807) is 29.2 Å². The van der Waals surface area contributed by atoms with Crippen LogP contribution in [0.5, 0.6) is 0 Å². The number of hydrogen-bond donors (Lipinski definition) is 1. The van der Waals surface area contributed by atoms with Crippen LogP contribution in [0.4, 0.5) is 11.4 Å². The monoisotopic (exact) mass is 418 g/mol. The summed E-state index contributed by atoms with van der Waals surface area (Å²) in [5.74, 6) is -0.273. The highest BCUT2D eigenvalue weighted by Gasteiger charge is 2.27. The summed E-state index contributed by atoms with van der Waals surface area (Å²) in [6.07, 6.45) is 2.88. The van der Waals surface area contributed by atoms with Crippen LogP contribution in [0, 0.1) is 12.8 Å². The van der Waals surface area contributed by atoms with E-state index in [-0.39, 0.29) is 23.3 Å². The Bertz CT molecular complexity index is 1210. The number of fused-ring (bicyclic) bond motifs is 1. The molecule has 2 heterocycles. The standard InChI is InChI=1S/C24H26N4O3/c1-15(2)22(28-14-25-19-8-5-4-7-18(19)24(28)31)23(30)26-17-10-11-20(16(3)13-17)27-12-6-9-21(27)29/h4-5,7-8,10-11,13-15,22H,6,9,12H2,1-3H3,(H,26,30). The number of rotatable bonds is 5. The first-order valence-corrected chi connectivity index (χ1v) is 10.5. The van der Waals surface area contributed by atoms with Gasteiger partial charge in [0.1, 0.15) is 6.04 Å². The number of carbonyl (C=O) groups excluding carboxylic acids is 2. The fourth-order valence-electron chi connectivity index (χ4n) is 4.19. The van der Waals surface area contributed by atoms with Crippen molar-refractivity contribution in [3.05, 3.63) is 64.7 Å². The van der Waals surface area contributed by atoms with Gasteiger partial charge in [-0.3, -0.25) is 19.0 Å². The molecule has 1 aliphatic heterocycles. The lowest BCUT2D eigenvalue weighted by atomic mass is 10.0. The molecule has 1 unspecified atom stereocenters. The highest BCUT2D eigenvalue weighted by molar-refractivity contribution is 5.97. The second-order valence-corrected chi connectivity index (χ2v) is 8.30. The largest absolute Gasteiger partial charge is 0.324 e. The van der Waals surface area contributed by atoms with Crippen molar-refractivity contribution >= 4 is 34.1 Å². The highest BCUT2D eigenvalue weighted by Crippen LogP contribution is 2.28. The van der Waals surface area contributed by atoms with Gasteiger partial charge in [-0.1, -0.05) is 26.0 Å². The van der Waals surface area contributed by atoms with E-state index in [2.05, 4.69) is 10.3 Å². The molecule has 0 saturated carbocycles. The van der Waals surface area contributed by atoms with E-state index >= 15 is 0 Å². The summed E-state index contributed by atoms with van der Waals surface area (Å²) >= 11 is 0. The minimum atomic E-state index is -0.704.